The molecule has 5 nitrogen and oxygen atoms in total. The van der Waals surface area contributed by atoms with Gasteiger partial charge < -0.3 is 5.32 Å². The van der Waals surface area contributed by atoms with Crippen LogP contribution in [0, 0.1) is 17.5 Å². The number of hydrogen-bond donors (Lipinski definition) is 2. The molecule has 1 fully saturated rings. The first-order valence-corrected chi connectivity index (χ1v) is 11.7. The third-order valence-electron chi connectivity index (χ3n) is 4.66. The highest BCUT2D eigenvalue weighted by Crippen LogP contribution is 2.27. The van der Waals surface area contributed by atoms with Crippen LogP contribution in [-0.4, -0.2) is 50.9 Å². The zero-order valence-corrected chi connectivity index (χ0v) is 17.5. The quantitative estimate of drug-likeness (QED) is 0.441. The number of halogens is 4. The van der Waals surface area contributed by atoms with E-state index in [0.717, 1.165) is 4.90 Å². The largest absolute Gasteiger partial charge is 0.377 e. The predicted octanol–water partition coefficient (Wildman–Crippen LogP) is 3.37. The molecular formula is C19H21F4N3O2S2. The van der Waals surface area contributed by atoms with Crippen molar-refractivity contribution in [3.63, 3.8) is 0 Å². The monoisotopic (exact) mass is 463 g/mol. The number of thioether (sulfide) groups is 1. The molecule has 3 rings (SSSR count). The lowest BCUT2D eigenvalue weighted by Gasteiger charge is -2.35. The molecule has 164 valence electrons. The number of nitrogens with zero attached hydrogens (tertiary/aromatic N) is 1. The number of sulfonamides is 1. The second-order valence-electron chi connectivity index (χ2n) is 7.06. The second-order valence-corrected chi connectivity index (χ2v) is 9.71. The molecule has 1 aliphatic rings. The van der Waals surface area contributed by atoms with E-state index >= 15 is 0 Å². The maximum atomic E-state index is 14.4. The van der Waals surface area contributed by atoms with Gasteiger partial charge in [-0.15, -0.1) is 11.8 Å². The lowest BCUT2D eigenvalue weighted by Crippen LogP contribution is -2.49. The minimum atomic E-state index is -4.25. The molecule has 11 heteroatoms. The van der Waals surface area contributed by atoms with Crippen molar-refractivity contribution in [1.82, 2.24) is 4.90 Å². The van der Waals surface area contributed by atoms with Gasteiger partial charge in [-0.2, -0.15) is 0 Å². The summed E-state index contributed by atoms with van der Waals surface area (Å²) < 4.78 is 77.6. The first-order chi connectivity index (χ1) is 14.1. The molecule has 3 N–H and O–H groups in total. The van der Waals surface area contributed by atoms with Crippen LogP contribution in [-0.2, 0) is 10.0 Å². The van der Waals surface area contributed by atoms with Crippen LogP contribution in [0.2, 0.25) is 0 Å². The van der Waals surface area contributed by atoms with E-state index in [9.17, 15) is 26.0 Å². The molecular weight excluding hydrogens is 442 g/mol. The van der Waals surface area contributed by atoms with Crippen LogP contribution in [0.25, 0.3) is 0 Å². The molecule has 0 aromatic heterocycles. The molecule has 1 heterocycles. The van der Waals surface area contributed by atoms with E-state index in [1.54, 1.807) is 12.1 Å². The Hall–Kier alpha value is -1.82. The lowest BCUT2D eigenvalue weighted by atomic mass is 10.1. The molecule has 0 amide bonds. The number of nitrogens with one attached hydrogen (secondary N) is 1. The van der Waals surface area contributed by atoms with E-state index in [0.29, 0.717) is 43.9 Å². The summed E-state index contributed by atoms with van der Waals surface area (Å²) in [4.78, 5) is 2.01. The van der Waals surface area contributed by atoms with Crippen molar-refractivity contribution < 1.29 is 26.0 Å². The lowest BCUT2D eigenvalue weighted by molar-refractivity contribution is 0.0642. The standard InChI is InChI=1S/C19H21F4N3O2S2/c20-12-1-3-15(4-2-12)29-11-14(5-6-26-9-13(21)10-26)25-19-17(22)7-16(8-18(19)23)30(24,27)28/h1-4,7-8,13-14,25H,5-6,9-11H2,(H2,24,27,28)/t14-/m1/s1. The second kappa shape index (κ2) is 9.54. The van der Waals surface area contributed by atoms with E-state index < -0.39 is 44.5 Å². The van der Waals surface area contributed by atoms with E-state index in [2.05, 4.69) is 5.32 Å². The van der Waals surface area contributed by atoms with Crippen molar-refractivity contribution in [2.24, 2.45) is 5.14 Å². The Balaban J connectivity index is 1.72. The number of alkyl halides is 1. The Labute approximate surface area is 176 Å². The molecule has 30 heavy (non-hydrogen) atoms. The van der Waals surface area contributed by atoms with Crippen molar-refractivity contribution in [1.29, 1.82) is 0 Å². The van der Waals surface area contributed by atoms with Crippen molar-refractivity contribution in [3.8, 4) is 0 Å². The van der Waals surface area contributed by atoms with Crippen LogP contribution in [0.15, 0.2) is 46.2 Å². The van der Waals surface area contributed by atoms with E-state index in [1.165, 1.54) is 23.9 Å². The van der Waals surface area contributed by atoms with E-state index in [4.69, 9.17) is 5.14 Å². The van der Waals surface area contributed by atoms with Crippen LogP contribution < -0.4 is 10.5 Å². The average Bonchev–Trinajstić information content (AvgIpc) is 2.64. The maximum absolute atomic E-state index is 14.4. The number of primary sulfonamides is 1. The number of anilines is 1. The van der Waals surface area contributed by atoms with Crippen LogP contribution in [0.4, 0.5) is 23.2 Å². The number of rotatable bonds is 9. The predicted molar refractivity (Wildman–Crippen MR) is 108 cm³/mol. The minimum absolute atomic E-state index is 0.323. The van der Waals surface area contributed by atoms with Gasteiger partial charge in [0.2, 0.25) is 10.0 Å². The number of nitrogens with two attached hydrogens (primary N) is 1. The van der Waals surface area contributed by atoms with Crippen molar-refractivity contribution in [3.05, 3.63) is 53.8 Å². The Bertz CT molecular complexity index is 961. The summed E-state index contributed by atoms with van der Waals surface area (Å²) in [6.45, 7) is 1.17. The van der Waals surface area contributed by atoms with Gasteiger partial charge in [-0.05, 0) is 42.8 Å². The Morgan fingerprint density at radius 3 is 2.27 bits per heavy atom. The summed E-state index contributed by atoms with van der Waals surface area (Å²) in [5, 5.41) is 7.72. The zero-order valence-electron chi connectivity index (χ0n) is 15.8. The zero-order chi connectivity index (χ0) is 21.9. The SMILES string of the molecule is NS(=O)(=O)c1cc(F)c(N[C@H](CCN2CC(F)C2)CSc2ccc(F)cc2)c(F)c1. The van der Waals surface area contributed by atoms with Gasteiger partial charge in [-0.25, -0.2) is 31.1 Å². The summed E-state index contributed by atoms with van der Waals surface area (Å²) in [5.74, 6) is -2.13. The third-order valence-corrected chi connectivity index (χ3v) is 6.73. The molecule has 1 atom stereocenters. The number of hydrogen-bond acceptors (Lipinski definition) is 5. The fourth-order valence-corrected chi connectivity index (χ4v) is 4.52. The number of benzene rings is 2. The molecule has 0 unspecified atom stereocenters. The first-order valence-electron chi connectivity index (χ1n) is 9.15. The summed E-state index contributed by atoms with van der Waals surface area (Å²) in [6, 6.07) is 6.74. The normalized spacial score (nSPS) is 16.3. The average molecular weight is 464 g/mol. The van der Waals surface area contributed by atoms with E-state index in [-0.39, 0.29) is 5.82 Å². The van der Waals surface area contributed by atoms with Crippen LogP contribution in [0.3, 0.4) is 0 Å². The van der Waals surface area contributed by atoms with Gasteiger partial charge in [0, 0.05) is 36.3 Å². The highest BCUT2D eigenvalue weighted by atomic mass is 32.2. The minimum Gasteiger partial charge on any atom is -0.377 e. The summed E-state index contributed by atoms with van der Waals surface area (Å²) in [5.41, 5.74) is -0.459. The van der Waals surface area contributed by atoms with Gasteiger partial charge in [-0.3, -0.25) is 4.90 Å². The summed E-state index contributed by atoms with van der Waals surface area (Å²) >= 11 is 1.37. The fraction of sp³-hybridized carbons (Fsp3) is 0.368. The van der Waals surface area contributed by atoms with Gasteiger partial charge in [0.15, 0.2) is 11.6 Å². The van der Waals surface area contributed by atoms with Crippen LogP contribution in [0.5, 0.6) is 0 Å². The summed E-state index contributed by atoms with van der Waals surface area (Å²) in [6.07, 6.45) is -0.387. The highest BCUT2D eigenvalue weighted by molar-refractivity contribution is 7.99. The smallest absolute Gasteiger partial charge is 0.238 e. The third kappa shape index (κ3) is 6.10. The summed E-state index contributed by atoms with van der Waals surface area (Å²) in [7, 11) is -4.25. The molecule has 0 bridgehead atoms. The first kappa shape index (κ1) is 22.9. The molecule has 1 aliphatic heterocycles. The number of likely N-dealkylation sites (tertiary alicyclic amines) is 1. The van der Waals surface area contributed by atoms with Crippen molar-refractivity contribution in [2.75, 3.05) is 30.7 Å². The Morgan fingerprint density at radius 1 is 1.13 bits per heavy atom. The van der Waals surface area contributed by atoms with Crippen molar-refractivity contribution in [2.45, 2.75) is 28.4 Å². The van der Waals surface area contributed by atoms with Crippen LogP contribution >= 0.6 is 11.8 Å². The van der Waals surface area contributed by atoms with Crippen molar-refractivity contribution >= 4 is 27.5 Å². The van der Waals surface area contributed by atoms with Gasteiger partial charge in [0.1, 0.15) is 17.7 Å². The Kier molecular flexibility index (Phi) is 7.27. The van der Waals surface area contributed by atoms with Gasteiger partial charge >= 0.3 is 0 Å². The van der Waals surface area contributed by atoms with Crippen LogP contribution in [0.1, 0.15) is 6.42 Å². The molecule has 0 radical (unpaired) electrons. The van der Waals surface area contributed by atoms with Gasteiger partial charge in [0.25, 0.3) is 0 Å². The van der Waals surface area contributed by atoms with Gasteiger partial charge in [-0.1, -0.05) is 0 Å². The fourth-order valence-electron chi connectivity index (χ4n) is 3.01. The molecule has 2 aromatic rings. The highest BCUT2D eigenvalue weighted by Gasteiger charge is 2.27. The van der Waals surface area contributed by atoms with E-state index in [1.807, 2.05) is 4.90 Å². The Morgan fingerprint density at radius 2 is 1.73 bits per heavy atom. The topological polar surface area (TPSA) is 75.4 Å². The molecule has 0 spiro atoms. The maximum Gasteiger partial charge on any atom is 0.238 e. The molecule has 2 aromatic carbocycles. The van der Waals surface area contributed by atoms with Gasteiger partial charge in [0.05, 0.1) is 4.90 Å². The molecule has 1 saturated heterocycles. The molecule has 0 saturated carbocycles. The molecule has 0 aliphatic carbocycles.